The highest BCUT2D eigenvalue weighted by molar-refractivity contribution is 9.10. The average Bonchev–Trinajstić information content (AvgIpc) is 3.04. The van der Waals surface area contributed by atoms with E-state index in [9.17, 15) is 13.2 Å². The fraction of sp³-hybridized carbons (Fsp3) is 0.167. The Morgan fingerprint density at radius 1 is 1.20 bits per heavy atom. The summed E-state index contributed by atoms with van der Waals surface area (Å²) in [5, 5.41) is 0.364. The molecule has 0 N–H and O–H groups in total. The van der Waals surface area contributed by atoms with Gasteiger partial charge in [-0.25, -0.2) is 18.2 Å². The van der Waals surface area contributed by atoms with Crippen molar-refractivity contribution in [3.05, 3.63) is 57.8 Å². The fourth-order valence-corrected chi connectivity index (χ4v) is 3.89. The molecule has 0 radical (unpaired) electrons. The molecule has 3 rings (SSSR count). The topological polar surface area (TPSA) is 16.1 Å². The molecule has 2 aromatic carbocycles. The number of nitrogens with zero attached hydrogens (tertiary/aromatic N) is 2. The zero-order valence-electron chi connectivity index (χ0n) is 12.9. The molecule has 0 saturated heterocycles. The second-order valence-corrected chi connectivity index (χ2v) is 7.13. The van der Waals surface area contributed by atoms with Gasteiger partial charge >= 0.3 is 0 Å². The quantitative estimate of drug-likeness (QED) is 0.415. The molecule has 1 aromatic heterocycles. The lowest BCUT2D eigenvalue weighted by molar-refractivity contribution is 0.505. The van der Waals surface area contributed by atoms with Gasteiger partial charge in [0.1, 0.15) is 11.3 Å². The SMILES string of the molecule is C#CCN(CCc1ccccc1Br)c1nc2c(F)c(F)cc(F)c2s1. The van der Waals surface area contributed by atoms with Crippen LogP contribution in [0, 0.1) is 29.8 Å². The highest BCUT2D eigenvalue weighted by atomic mass is 79.9. The molecule has 0 bridgehead atoms. The molecule has 0 aliphatic rings. The number of hydrogen-bond donors (Lipinski definition) is 0. The Morgan fingerprint density at radius 3 is 2.68 bits per heavy atom. The monoisotopic (exact) mass is 424 g/mol. The van der Waals surface area contributed by atoms with Crippen LogP contribution in [0.15, 0.2) is 34.8 Å². The number of thiazole rings is 1. The number of aromatic nitrogens is 1. The van der Waals surface area contributed by atoms with Crippen LogP contribution in [0.4, 0.5) is 18.3 Å². The number of rotatable bonds is 5. The van der Waals surface area contributed by atoms with Crippen molar-refractivity contribution in [2.45, 2.75) is 6.42 Å². The molecule has 3 aromatic rings. The maximum atomic E-state index is 13.9. The maximum absolute atomic E-state index is 13.9. The summed E-state index contributed by atoms with van der Waals surface area (Å²) in [5.41, 5.74) is 0.773. The van der Waals surface area contributed by atoms with E-state index < -0.39 is 17.5 Å². The first-order valence-electron chi connectivity index (χ1n) is 7.37. The van der Waals surface area contributed by atoms with Gasteiger partial charge in [0.15, 0.2) is 16.8 Å². The van der Waals surface area contributed by atoms with Crippen molar-refractivity contribution in [3.63, 3.8) is 0 Å². The van der Waals surface area contributed by atoms with Gasteiger partial charge in [-0.15, -0.1) is 6.42 Å². The Kier molecular flexibility index (Phi) is 5.30. The van der Waals surface area contributed by atoms with Gasteiger partial charge < -0.3 is 4.90 Å². The minimum atomic E-state index is -1.25. The number of fused-ring (bicyclic) bond motifs is 1. The second kappa shape index (κ2) is 7.46. The Hall–Kier alpha value is -2.04. The first kappa shape index (κ1) is 17.8. The van der Waals surface area contributed by atoms with Gasteiger partial charge in [-0.2, -0.15) is 0 Å². The maximum Gasteiger partial charge on any atom is 0.187 e. The minimum Gasteiger partial charge on any atom is -0.337 e. The van der Waals surface area contributed by atoms with E-state index in [1.807, 2.05) is 24.3 Å². The van der Waals surface area contributed by atoms with Crippen LogP contribution >= 0.6 is 27.3 Å². The summed E-state index contributed by atoms with van der Waals surface area (Å²) in [4.78, 5) is 5.82. The summed E-state index contributed by atoms with van der Waals surface area (Å²) in [5.74, 6) is -0.707. The molecule has 128 valence electrons. The largest absolute Gasteiger partial charge is 0.337 e. The van der Waals surface area contributed by atoms with Crippen molar-refractivity contribution < 1.29 is 13.2 Å². The van der Waals surface area contributed by atoms with E-state index in [0.29, 0.717) is 24.2 Å². The first-order valence-corrected chi connectivity index (χ1v) is 8.98. The zero-order chi connectivity index (χ0) is 18.0. The van der Waals surface area contributed by atoms with Crippen molar-refractivity contribution >= 4 is 42.6 Å². The molecular weight excluding hydrogens is 413 g/mol. The number of anilines is 1. The van der Waals surface area contributed by atoms with E-state index in [1.54, 1.807) is 4.90 Å². The average molecular weight is 425 g/mol. The summed E-state index contributed by atoms with van der Waals surface area (Å²) in [6.45, 7) is 0.744. The van der Waals surface area contributed by atoms with Crippen molar-refractivity contribution in [3.8, 4) is 12.3 Å². The van der Waals surface area contributed by atoms with Crippen LogP contribution in [0.3, 0.4) is 0 Å². The van der Waals surface area contributed by atoms with Gasteiger partial charge in [-0.3, -0.25) is 0 Å². The molecule has 0 spiro atoms. The molecule has 25 heavy (non-hydrogen) atoms. The number of benzene rings is 2. The van der Waals surface area contributed by atoms with Gasteiger partial charge in [0, 0.05) is 17.1 Å². The van der Waals surface area contributed by atoms with Crippen LogP contribution in [0.5, 0.6) is 0 Å². The van der Waals surface area contributed by atoms with Gasteiger partial charge in [0.2, 0.25) is 0 Å². The molecule has 2 nitrogen and oxygen atoms in total. The molecule has 0 atom stereocenters. The van der Waals surface area contributed by atoms with Crippen molar-refractivity contribution in [1.82, 2.24) is 4.98 Å². The number of halogens is 4. The molecule has 1 heterocycles. The lowest BCUT2D eigenvalue weighted by Crippen LogP contribution is -2.26. The zero-order valence-corrected chi connectivity index (χ0v) is 15.3. The smallest absolute Gasteiger partial charge is 0.187 e. The van der Waals surface area contributed by atoms with E-state index in [-0.39, 0.29) is 16.8 Å². The minimum absolute atomic E-state index is 0.0168. The highest BCUT2D eigenvalue weighted by Gasteiger charge is 2.20. The van der Waals surface area contributed by atoms with Crippen LogP contribution in [-0.4, -0.2) is 18.1 Å². The second-order valence-electron chi connectivity index (χ2n) is 5.30. The van der Waals surface area contributed by atoms with Crippen LogP contribution in [0.1, 0.15) is 5.56 Å². The van der Waals surface area contributed by atoms with Gasteiger partial charge in [0.05, 0.1) is 11.2 Å². The Labute approximate surface area is 155 Å². The number of hydrogen-bond acceptors (Lipinski definition) is 3. The summed E-state index contributed by atoms with van der Waals surface area (Å²) in [6, 6.07) is 8.29. The predicted octanol–water partition coefficient (Wildman–Crippen LogP) is 5.16. The Balaban J connectivity index is 1.92. The first-order chi connectivity index (χ1) is 12.0. The summed E-state index contributed by atoms with van der Waals surface area (Å²) < 4.78 is 42.1. The normalized spacial score (nSPS) is 10.8. The van der Waals surface area contributed by atoms with Gasteiger partial charge in [-0.05, 0) is 18.1 Å². The van der Waals surface area contributed by atoms with Gasteiger partial charge in [-0.1, -0.05) is 51.4 Å². The lowest BCUT2D eigenvalue weighted by atomic mass is 10.1. The van der Waals surface area contributed by atoms with Crippen LogP contribution in [0.2, 0.25) is 0 Å². The third kappa shape index (κ3) is 3.65. The standard InChI is InChI=1S/C18H12BrF3N2S/c1-2-8-24(9-7-11-5-3-4-6-12(11)19)18-23-16-15(22)13(20)10-14(21)17(16)25-18/h1,3-6,10H,7-9H2. The highest BCUT2D eigenvalue weighted by Crippen LogP contribution is 2.33. The molecule has 0 amide bonds. The fourth-order valence-electron chi connectivity index (χ4n) is 2.42. The van der Waals surface area contributed by atoms with Crippen LogP contribution in [0.25, 0.3) is 10.2 Å². The molecule has 0 saturated carbocycles. The van der Waals surface area contributed by atoms with Crippen LogP contribution < -0.4 is 4.90 Å². The van der Waals surface area contributed by atoms with E-state index in [2.05, 4.69) is 26.8 Å². The van der Waals surface area contributed by atoms with E-state index in [4.69, 9.17) is 6.42 Å². The van der Waals surface area contributed by atoms with Crippen molar-refractivity contribution in [1.29, 1.82) is 0 Å². The van der Waals surface area contributed by atoms with Crippen LogP contribution in [-0.2, 0) is 6.42 Å². The molecule has 0 fully saturated rings. The predicted molar refractivity (Wildman–Crippen MR) is 98.4 cm³/mol. The van der Waals surface area contributed by atoms with E-state index in [1.165, 1.54) is 0 Å². The van der Waals surface area contributed by atoms with Gasteiger partial charge in [0.25, 0.3) is 0 Å². The summed E-state index contributed by atoms with van der Waals surface area (Å²) >= 11 is 4.44. The lowest BCUT2D eigenvalue weighted by Gasteiger charge is -2.19. The van der Waals surface area contributed by atoms with E-state index >= 15 is 0 Å². The molecule has 0 aliphatic heterocycles. The number of terminal acetylenes is 1. The Bertz CT molecular complexity index is 965. The third-order valence-electron chi connectivity index (χ3n) is 3.67. The molecule has 7 heteroatoms. The van der Waals surface area contributed by atoms with Crippen molar-refractivity contribution in [2.75, 3.05) is 18.0 Å². The summed E-state index contributed by atoms with van der Waals surface area (Å²) in [6.07, 6.45) is 6.08. The molecule has 0 aliphatic carbocycles. The third-order valence-corrected chi connectivity index (χ3v) is 5.56. The van der Waals surface area contributed by atoms with E-state index in [0.717, 1.165) is 21.4 Å². The molecule has 0 unspecified atom stereocenters. The molecular formula is C18H12BrF3N2S. The Morgan fingerprint density at radius 2 is 1.96 bits per heavy atom. The van der Waals surface area contributed by atoms with Crippen molar-refractivity contribution in [2.24, 2.45) is 0 Å². The summed E-state index contributed by atoms with van der Waals surface area (Å²) in [7, 11) is 0.